The molecule has 8 heteroatoms. The Bertz CT molecular complexity index is 923. The van der Waals surface area contributed by atoms with Crippen molar-refractivity contribution in [2.75, 3.05) is 0 Å². The first-order chi connectivity index (χ1) is 10.5. The molecule has 2 heterocycles. The maximum atomic E-state index is 12.4. The highest BCUT2D eigenvalue weighted by molar-refractivity contribution is 9.10. The third kappa shape index (κ3) is 2.90. The van der Waals surface area contributed by atoms with Crippen molar-refractivity contribution in [1.82, 2.24) is 19.3 Å². The maximum Gasteiger partial charge on any atom is 0.241 e. The lowest BCUT2D eigenvalue weighted by Crippen LogP contribution is -2.28. The highest BCUT2D eigenvalue weighted by Crippen LogP contribution is 2.19. The average molecular weight is 381 g/mol. The van der Waals surface area contributed by atoms with E-state index < -0.39 is 16.1 Å². The van der Waals surface area contributed by atoms with Crippen LogP contribution in [0.3, 0.4) is 0 Å². The Labute approximate surface area is 136 Å². The number of nitrogens with zero attached hydrogens (tertiary/aromatic N) is 3. The number of benzene rings is 1. The number of hydrogen-bond acceptors (Lipinski definition) is 4. The fraction of sp³-hybridized carbons (Fsp3) is 0.143. The summed E-state index contributed by atoms with van der Waals surface area (Å²) in [5, 5.41) is 8.09. The standard InChI is InChI=1S/C14H13BrN4O2S/c1-10(14-17-16-13-7-2-3-8-19(13)14)18-22(20,21)12-6-4-5-11(15)9-12/h2-10,18H,1H3. The summed E-state index contributed by atoms with van der Waals surface area (Å²) in [6.45, 7) is 1.74. The van der Waals surface area contributed by atoms with Gasteiger partial charge in [-0.3, -0.25) is 4.40 Å². The number of nitrogens with one attached hydrogen (secondary N) is 1. The molecular weight excluding hydrogens is 368 g/mol. The summed E-state index contributed by atoms with van der Waals surface area (Å²) in [6.07, 6.45) is 1.80. The minimum atomic E-state index is -3.64. The summed E-state index contributed by atoms with van der Waals surface area (Å²) < 4.78 is 30.0. The third-order valence-corrected chi connectivity index (χ3v) is 5.20. The van der Waals surface area contributed by atoms with Crippen molar-refractivity contribution in [2.24, 2.45) is 0 Å². The molecule has 1 atom stereocenters. The first kappa shape index (κ1) is 15.1. The molecule has 22 heavy (non-hydrogen) atoms. The van der Waals surface area contributed by atoms with Crippen LogP contribution in [-0.4, -0.2) is 23.0 Å². The second-order valence-electron chi connectivity index (χ2n) is 4.79. The van der Waals surface area contributed by atoms with Crippen LogP contribution < -0.4 is 4.72 Å². The second kappa shape index (κ2) is 5.79. The van der Waals surface area contributed by atoms with Crippen LogP contribution in [0.2, 0.25) is 0 Å². The number of hydrogen-bond donors (Lipinski definition) is 1. The summed E-state index contributed by atoms with van der Waals surface area (Å²) in [6, 6.07) is 11.5. The van der Waals surface area contributed by atoms with Gasteiger partial charge in [-0.05, 0) is 37.3 Å². The molecule has 2 aromatic heterocycles. The van der Waals surface area contributed by atoms with Gasteiger partial charge in [-0.15, -0.1) is 10.2 Å². The molecule has 3 aromatic rings. The molecule has 114 valence electrons. The molecule has 0 radical (unpaired) electrons. The number of sulfonamides is 1. The molecule has 0 aliphatic rings. The first-order valence-corrected chi connectivity index (χ1v) is 8.82. The van der Waals surface area contributed by atoms with E-state index in [1.165, 1.54) is 0 Å². The summed E-state index contributed by atoms with van der Waals surface area (Å²) >= 11 is 3.27. The van der Waals surface area contributed by atoms with E-state index in [1.807, 2.05) is 18.2 Å². The molecule has 1 aromatic carbocycles. The lowest BCUT2D eigenvalue weighted by atomic mass is 10.3. The number of fused-ring (bicyclic) bond motifs is 1. The molecule has 0 spiro atoms. The van der Waals surface area contributed by atoms with Crippen LogP contribution in [0.5, 0.6) is 0 Å². The highest BCUT2D eigenvalue weighted by Gasteiger charge is 2.21. The van der Waals surface area contributed by atoms with Crippen molar-refractivity contribution in [2.45, 2.75) is 17.9 Å². The van der Waals surface area contributed by atoms with E-state index in [1.54, 1.807) is 41.8 Å². The van der Waals surface area contributed by atoms with Gasteiger partial charge in [0.15, 0.2) is 11.5 Å². The Hall–Kier alpha value is -1.77. The van der Waals surface area contributed by atoms with E-state index >= 15 is 0 Å². The van der Waals surface area contributed by atoms with Crippen LogP contribution in [0.25, 0.3) is 5.65 Å². The zero-order chi connectivity index (χ0) is 15.7. The summed E-state index contributed by atoms with van der Waals surface area (Å²) in [4.78, 5) is 0.197. The maximum absolute atomic E-state index is 12.4. The molecule has 0 amide bonds. The Kier molecular flexibility index (Phi) is 3.98. The van der Waals surface area contributed by atoms with Gasteiger partial charge in [0.2, 0.25) is 10.0 Å². The Morgan fingerprint density at radius 1 is 1.18 bits per heavy atom. The Morgan fingerprint density at radius 3 is 2.77 bits per heavy atom. The van der Waals surface area contributed by atoms with Crippen molar-refractivity contribution in [3.63, 3.8) is 0 Å². The molecule has 1 unspecified atom stereocenters. The van der Waals surface area contributed by atoms with E-state index in [9.17, 15) is 8.42 Å². The van der Waals surface area contributed by atoms with Crippen LogP contribution >= 0.6 is 15.9 Å². The zero-order valence-corrected chi connectivity index (χ0v) is 14.0. The third-order valence-electron chi connectivity index (χ3n) is 3.17. The lowest BCUT2D eigenvalue weighted by molar-refractivity contribution is 0.558. The van der Waals surface area contributed by atoms with Crippen molar-refractivity contribution in [1.29, 1.82) is 0 Å². The van der Waals surface area contributed by atoms with Gasteiger partial charge >= 0.3 is 0 Å². The molecule has 1 N–H and O–H groups in total. The molecule has 0 saturated heterocycles. The van der Waals surface area contributed by atoms with Gasteiger partial charge in [-0.1, -0.05) is 28.1 Å². The molecular formula is C14H13BrN4O2S. The van der Waals surface area contributed by atoms with E-state index in [-0.39, 0.29) is 4.90 Å². The van der Waals surface area contributed by atoms with Crippen molar-refractivity contribution < 1.29 is 8.42 Å². The lowest BCUT2D eigenvalue weighted by Gasteiger charge is -2.13. The molecule has 0 aliphatic heterocycles. The SMILES string of the molecule is CC(NS(=O)(=O)c1cccc(Br)c1)c1nnc2ccccn12. The van der Waals surface area contributed by atoms with Gasteiger partial charge in [0.1, 0.15) is 0 Å². The monoisotopic (exact) mass is 380 g/mol. The largest absolute Gasteiger partial charge is 0.285 e. The molecule has 0 fully saturated rings. The Balaban J connectivity index is 1.92. The van der Waals surface area contributed by atoms with E-state index in [4.69, 9.17) is 0 Å². The molecule has 3 rings (SSSR count). The number of rotatable bonds is 4. The van der Waals surface area contributed by atoms with Crippen LogP contribution in [0.1, 0.15) is 18.8 Å². The number of halogens is 1. The fourth-order valence-corrected chi connectivity index (χ4v) is 3.94. The minimum Gasteiger partial charge on any atom is -0.285 e. The van der Waals surface area contributed by atoms with Gasteiger partial charge in [0.05, 0.1) is 10.9 Å². The van der Waals surface area contributed by atoms with Gasteiger partial charge in [0.25, 0.3) is 0 Å². The van der Waals surface area contributed by atoms with Gasteiger partial charge < -0.3 is 0 Å². The fourth-order valence-electron chi connectivity index (χ4n) is 2.14. The highest BCUT2D eigenvalue weighted by atomic mass is 79.9. The zero-order valence-electron chi connectivity index (χ0n) is 11.6. The molecule has 6 nitrogen and oxygen atoms in total. The average Bonchev–Trinajstić information content (AvgIpc) is 2.91. The summed E-state index contributed by atoms with van der Waals surface area (Å²) in [5.41, 5.74) is 0.672. The quantitative estimate of drug-likeness (QED) is 0.754. The topological polar surface area (TPSA) is 76.4 Å². The Morgan fingerprint density at radius 2 is 2.00 bits per heavy atom. The van der Waals surface area contributed by atoms with Crippen molar-refractivity contribution in [3.05, 3.63) is 59.0 Å². The second-order valence-corrected chi connectivity index (χ2v) is 7.42. The van der Waals surface area contributed by atoms with E-state index in [0.29, 0.717) is 15.9 Å². The predicted octanol–water partition coefficient (Wildman–Crippen LogP) is 2.53. The van der Waals surface area contributed by atoms with Crippen LogP contribution in [-0.2, 0) is 10.0 Å². The smallest absolute Gasteiger partial charge is 0.241 e. The van der Waals surface area contributed by atoms with Crippen LogP contribution in [0, 0.1) is 0 Å². The van der Waals surface area contributed by atoms with Crippen LogP contribution in [0.4, 0.5) is 0 Å². The number of aromatic nitrogens is 3. The van der Waals surface area contributed by atoms with Crippen LogP contribution in [0.15, 0.2) is 58.0 Å². The summed E-state index contributed by atoms with van der Waals surface area (Å²) in [5.74, 6) is 0.536. The molecule has 0 saturated carbocycles. The van der Waals surface area contributed by atoms with Gasteiger partial charge in [-0.2, -0.15) is 0 Å². The molecule has 0 bridgehead atoms. The van der Waals surface area contributed by atoms with E-state index in [2.05, 4.69) is 30.8 Å². The summed E-state index contributed by atoms with van der Waals surface area (Å²) in [7, 11) is -3.64. The number of pyridine rings is 1. The van der Waals surface area contributed by atoms with Crippen molar-refractivity contribution >= 4 is 31.6 Å². The first-order valence-electron chi connectivity index (χ1n) is 6.55. The normalized spacial score (nSPS) is 13.4. The predicted molar refractivity (Wildman–Crippen MR) is 85.9 cm³/mol. The van der Waals surface area contributed by atoms with Gasteiger partial charge in [0, 0.05) is 10.7 Å². The van der Waals surface area contributed by atoms with E-state index in [0.717, 1.165) is 0 Å². The molecule has 0 aliphatic carbocycles. The van der Waals surface area contributed by atoms with Gasteiger partial charge in [-0.25, -0.2) is 13.1 Å². The minimum absolute atomic E-state index is 0.197. The van der Waals surface area contributed by atoms with Crippen molar-refractivity contribution in [3.8, 4) is 0 Å².